The summed E-state index contributed by atoms with van der Waals surface area (Å²) >= 11 is 0. The van der Waals surface area contributed by atoms with Crippen LogP contribution >= 0.6 is 0 Å². The Bertz CT molecular complexity index is 428. The highest BCUT2D eigenvalue weighted by molar-refractivity contribution is 5.92. The summed E-state index contributed by atoms with van der Waals surface area (Å²) < 4.78 is 1.69. The van der Waals surface area contributed by atoms with Crippen LogP contribution in [-0.4, -0.2) is 32.9 Å². The number of carbonyl (C=O) groups excluding carboxylic acids is 1. The summed E-state index contributed by atoms with van der Waals surface area (Å²) in [5, 5.41) is 17.0. The zero-order valence-corrected chi connectivity index (χ0v) is 11.0. The van der Waals surface area contributed by atoms with Gasteiger partial charge >= 0.3 is 0 Å². The van der Waals surface area contributed by atoms with Gasteiger partial charge in [0.05, 0.1) is 17.8 Å². The van der Waals surface area contributed by atoms with E-state index in [9.17, 15) is 9.90 Å². The third kappa shape index (κ3) is 2.72. The molecular formula is C13H21N3O2. The molecular weight excluding hydrogens is 230 g/mol. The predicted molar refractivity (Wildman–Crippen MR) is 68.4 cm³/mol. The Hall–Kier alpha value is -1.36. The molecule has 1 aliphatic carbocycles. The number of aromatic nitrogens is 2. The summed E-state index contributed by atoms with van der Waals surface area (Å²) in [5.74, 6) is -0.136. The van der Waals surface area contributed by atoms with E-state index in [0.29, 0.717) is 12.2 Å². The van der Waals surface area contributed by atoms with Gasteiger partial charge in [-0.3, -0.25) is 9.48 Å². The smallest absolute Gasteiger partial charge is 0.269 e. The van der Waals surface area contributed by atoms with Crippen LogP contribution in [0.15, 0.2) is 6.07 Å². The molecule has 0 saturated heterocycles. The number of hydrogen-bond donors (Lipinski definition) is 2. The lowest BCUT2D eigenvalue weighted by atomic mass is 9.92. The number of aliphatic hydroxyl groups is 1. The lowest BCUT2D eigenvalue weighted by Gasteiger charge is -2.28. The maximum absolute atomic E-state index is 12.2. The maximum Gasteiger partial charge on any atom is 0.269 e. The molecule has 0 bridgehead atoms. The number of nitrogens with one attached hydrogen (secondary N) is 1. The van der Waals surface area contributed by atoms with Crippen molar-refractivity contribution in [2.45, 2.75) is 58.2 Å². The van der Waals surface area contributed by atoms with Crippen molar-refractivity contribution in [2.24, 2.45) is 0 Å². The first kappa shape index (κ1) is 13.1. The second-order valence-electron chi connectivity index (χ2n) is 4.92. The molecule has 5 nitrogen and oxygen atoms in total. The van der Waals surface area contributed by atoms with Gasteiger partial charge in [0.25, 0.3) is 5.91 Å². The number of rotatable bonds is 3. The van der Waals surface area contributed by atoms with E-state index in [-0.39, 0.29) is 11.9 Å². The molecule has 1 aromatic heterocycles. The van der Waals surface area contributed by atoms with Crippen molar-refractivity contribution in [3.05, 3.63) is 17.5 Å². The lowest BCUT2D eigenvalue weighted by molar-refractivity contribution is 0.0710. The van der Waals surface area contributed by atoms with Gasteiger partial charge in [0.1, 0.15) is 5.69 Å². The van der Waals surface area contributed by atoms with Crippen LogP contribution < -0.4 is 5.32 Å². The van der Waals surface area contributed by atoms with E-state index in [1.807, 2.05) is 13.8 Å². The monoisotopic (exact) mass is 251 g/mol. The second kappa shape index (κ2) is 5.52. The van der Waals surface area contributed by atoms with Crippen LogP contribution in [0.2, 0.25) is 0 Å². The number of nitrogens with zero attached hydrogens (tertiary/aromatic N) is 2. The predicted octanol–water partition coefficient (Wildman–Crippen LogP) is 1.24. The van der Waals surface area contributed by atoms with Crippen LogP contribution in [0.4, 0.5) is 0 Å². The summed E-state index contributed by atoms with van der Waals surface area (Å²) in [6, 6.07) is 1.67. The minimum absolute atomic E-state index is 0.119. The number of aliphatic hydroxyl groups excluding tert-OH is 1. The molecule has 0 spiro atoms. The van der Waals surface area contributed by atoms with Gasteiger partial charge in [-0.2, -0.15) is 5.10 Å². The summed E-state index contributed by atoms with van der Waals surface area (Å²) in [6.45, 7) is 4.50. The molecule has 5 heteroatoms. The van der Waals surface area contributed by atoms with Crippen LogP contribution in [0.1, 0.15) is 48.8 Å². The maximum atomic E-state index is 12.2. The van der Waals surface area contributed by atoms with Gasteiger partial charge in [0, 0.05) is 6.54 Å². The van der Waals surface area contributed by atoms with Crippen molar-refractivity contribution in [1.82, 2.24) is 15.1 Å². The summed E-state index contributed by atoms with van der Waals surface area (Å²) in [4.78, 5) is 12.2. The summed E-state index contributed by atoms with van der Waals surface area (Å²) in [6.07, 6.45) is 3.32. The zero-order chi connectivity index (χ0) is 13.1. The molecule has 0 radical (unpaired) electrons. The van der Waals surface area contributed by atoms with Gasteiger partial charge in [-0.1, -0.05) is 12.8 Å². The van der Waals surface area contributed by atoms with Crippen molar-refractivity contribution in [2.75, 3.05) is 0 Å². The van der Waals surface area contributed by atoms with Gasteiger partial charge in [0.15, 0.2) is 0 Å². The minimum atomic E-state index is -0.415. The fraction of sp³-hybridized carbons (Fsp3) is 0.692. The Balaban J connectivity index is 2.06. The highest BCUT2D eigenvalue weighted by atomic mass is 16.3. The largest absolute Gasteiger partial charge is 0.391 e. The van der Waals surface area contributed by atoms with Crippen LogP contribution in [0, 0.1) is 6.92 Å². The molecule has 1 amide bonds. The molecule has 1 aromatic rings. The van der Waals surface area contributed by atoms with E-state index in [2.05, 4.69) is 10.4 Å². The third-order valence-corrected chi connectivity index (χ3v) is 3.48. The Morgan fingerprint density at radius 2 is 2.28 bits per heavy atom. The van der Waals surface area contributed by atoms with Crippen molar-refractivity contribution in [1.29, 1.82) is 0 Å². The van der Waals surface area contributed by atoms with E-state index in [1.54, 1.807) is 10.7 Å². The van der Waals surface area contributed by atoms with Gasteiger partial charge in [-0.05, 0) is 32.8 Å². The van der Waals surface area contributed by atoms with E-state index in [4.69, 9.17) is 0 Å². The van der Waals surface area contributed by atoms with E-state index in [0.717, 1.165) is 31.4 Å². The molecule has 18 heavy (non-hydrogen) atoms. The average molecular weight is 251 g/mol. The number of carbonyl (C=O) groups is 1. The van der Waals surface area contributed by atoms with Crippen LogP contribution in [0.3, 0.4) is 0 Å². The van der Waals surface area contributed by atoms with Crippen molar-refractivity contribution >= 4 is 5.91 Å². The van der Waals surface area contributed by atoms with Gasteiger partial charge in [-0.15, -0.1) is 0 Å². The summed E-state index contributed by atoms with van der Waals surface area (Å²) in [7, 11) is 0. The molecule has 1 saturated carbocycles. The van der Waals surface area contributed by atoms with Crippen molar-refractivity contribution < 1.29 is 9.90 Å². The molecule has 2 rings (SSSR count). The fourth-order valence-electron chi connectivity index (χ4n) is 2.49. The number of aryl methyl sites for hydroxylation is 2. The second-order valence-corrected chi connectivity index (χ2v) is 4.92. The van der Waals surface area contributed by atoms with Crippen LogP contribution in [-0.2, 0) is 6.54 Å². The molecule has 0 aliphatic heterocycles. The molecule has 1 aliphatic rings. The average Bonchev–Trinajstić information content (AvgIpc) is 2.73. The minimum Gasteiger partial charge on any atom is -0.391 e. The standard InChI is InChI=1S/C13H21N3O2/c1-3-16-11(8-9(2)15-16)13(18)14-10-6-4-5-7-12(10)17/h8,10,12,17H,3-7H2,1-2H3,(H,14,18)/t10-,12-/m1/s1. The van der Waals surface area contributed by atoms with E-state index >= 15 is 0 Å². The van der Waals surface area contributed by atoms with Crippen LogP contribution in [0.5, 0.6) is 0 Å². The van der Waals surface area contributed by atoms with Gasteiger partial charge < -0.3 is 10.4 Å². The Morgan fingerprint density at radius 1 is 1.56 bits per heavy atom. The number of amides is 1. The van der Waals surface area contributed by atoms with Crippen LogP contribution in [0.25, 0.3) is 0 Å². The molecule has 0 aromatic carbocycles. The highest BCUT2D eigenvalue weighted by Gasteiger charge is 2.25. The molecule has 1 fully saturated rings. The fourth-order valence-corrected chi connectivity index (χ4v) is 2.49. The molecule has 100 valence electrons. The number of hydrogen-bond acceptors (Lipinski definition) is 3. The normalized spacial score (nSPS) is 23.9. The topological polar surface area (TPSA) is 67.2 Å². The van der Waals surface area contributed by atoms with Crippen molar-refractivity contribution in [3.63, 3.8) is 0 Å². The quantitative estimate of drug-likeness (QED) is 0.849. The van der Waals surface area contributed by atoms with Crippen molar-refractivity contribution in [3.8, 4) is 0 Å². The van der Waals surface area contributed by atoms with E-state index in [1.165, 1.54) is 0 Å². The first-order chi connectivity index (χ1) is 8.61. The SMILES string of the molecule is CCn1nc(C)cc1C(=O)N[C@@H]1CCCC[C@H]1O. The zero-order valence-electron chi connectivity index (χ0n) is 11.0. The Morgan fingerprint density at radius 3 is 2.94 bits per heavy atom. The first-order valence-electron chi connectivity index (χ1n) is 6.65. The first-order valence-corrected chi connectivity index (χ1v) is 6.65. The molecule has 2 atom stereocenters. The van der Waals surface area contributed by atoms with Gasteiger partial charge in [0.2, 0.25) is 0 Å². The molecule has 1 heterocycles. The van der Waals surface area contributed by atoms with Gasteiger partial charge in [-0.25, -0.2) is 0 Å². The lowest BCUT2D eigenvalue weighted by Crippen LogP contribution is -2.45. The highest BCUT2D eigenvalue weighted by Crippen LogP contribution is 2.18. The molecule has 2 N–H and O–H groups in total. The Kier molecular flexibility index (Phi) is 4.01. The molecule has 0 unspecified atom stereocenters. The summed E-state index contributed by atoms with van der Waals surface area (Å²) in [5.41, 5.74) is 1.42. The third-order valence-electron chi connectivity index (χ3n) is 3.48. The Labute approximate surface area is 107 Å². The van der Waals surface area contributed by atoms with E-state index < -0.39 is 6.10 Å².